The molecule has 0 aliphatic carbocycles. The molecule has 0 aliphatic rings. The molecule has 0 unspecified atom stereocenters. The molecule has 1 N–H and O–H groups in total. The van der Waals surface area contributed by atoms with Gasteiger partial charge in [-0.3, -0.25) is 0 Å². The average Bonchev–Trinajstić information content (AvgIpc) is 1.80. The van der Waals surface area contributed by atoms with E-state index in [2.05, 4.69) is 6.07 Å². The number of hydrogen-bond donors (Lipinski definition) is 1. The van der Waals surface area contributed by atoms with E-state index in [-0.39, 0.29) is 5.75 Å². The van der Waals surface area contributed by atoms with Crippen LogP contribution in [0.2, 0.25) is 5.02 Å². The van der Waals surface area contributed by atoms with Gasteiger partial charge < -0.3 is 5.11 Å². The van der Waals surface area contributed by atoms with Gasteiger partial charge in [0.1, 0.15) is 5.75 Å². The number of aromatic hydroxyl groups is 1. The van der Waals surface area contributed by atoms with Gasteiger partial charge in [-0.15, -0.1) is 0 Å². The Hall–Kier alpha value is -0.690. The quantitative estimate of drug-likeness (QED) is 0.587. The first-order chi connectivity index (χ1) is 4.20. The molecule has 0 fully saturated rings. The van der Waals surface area contributed by atoms with Gasteiger partial charge in [0.2, 0.25) is 0 Å². The molecule has 9 heavy (non-hydrogen) atoms. The van der Waals surface area contributed by atoms with Crippen LogP contribution < -0.4 is 0 Å². The van der Waals surface area contributed by atoms with Crippen molar-refractivity contribution < 1.29 is 5.11 Å². The van der Waals surface area contributed by atoms with E-state index in [9.17, 15) is 0 Å². The molecule has 2 heteroatoms. The molecule has 1 radical (unpaired) electrons. The van der Waals surface area contributed by atoms with E-state index in [1.54, 1.807) is 6.07 Å². The molecule has 0 amide bonds. The highest BCUT2D eigenvalue weighted by molar-refractivity contribution is 6.32. The first-order valence-corrected chi connectivity index (χ1v) is 2.95. The minimum atomic E-state index is 0.0854. The van der Waals surface area contributed by atoms with Crippen LogP contribution >= 0.6 is 11.6 Å². The Morgan fingerprint density at radius 2 is 2.33 bits per heavy atom. The third-order valence-corrected chi connectivity index (χ3v) is 1.33. The van der Waals surface area contributed by atoms with Gasteiger partial charge in [-0.05, 0) is 30.7 Å². The maximum atomic E-state index is 8.88. The molecule has 1 nitrogen and oxygen atoms in total. The van der Waals surface area contributed by atoms with Gasteiger partial charge in [-0.1, -0.05) is 11.6 Å². The molecule has 1 aromatic rings. The molecule has 0 atom stereocenters. The lowest BCUT2D eigenvalue weighted by Gasteiger charge is -1.94. The molecule has 1 aromatic carbocycles. The van der Waals surface area contributed by atoms with Crippen LogP contribution in [0.3, 0.4) is 0 Å². The van der Waals surface area contributed by atoms with Crippen molar-refractivity contribution in [2.45, 2.75) is 6.92 Å². The third kappa shape index (κ3) is 1.36. The fourth-order valence-electron chi connectivity index (χ4n) is 0.557. The van der Waals surface area contributed by atoms with Crippen LogP contribution in [-0.2, 0) is 0 Å². The smallest absolute Gasteiger partial charge is 0.134 e. The molecular formula is C7H6ClO. The summed E-state index contributed by atoms with van der Waals surface area (Å²) in [7, 11) is 0. The zero-order valence-corrected chi connectivity index (χ0v) is 5.74. The van der Waals surface area contributed by atoms with Crippen molar-refractivity contribution >= 4 is 11.6 Å². The van der Waals surface area contributed by atoms with Crippen molar-refractivity contribution in [2.75, 3.05) is 0 Å². The van der Waals surface area contributed by atoms with E-state index in [1.807, 2.05) is 6.92 Å². The minimum Gasteiger partial charge on any atom is -0.506 e. The topological polar surface area (TPSA) is 20.2 Å². The summed E-state index contributed by atoms with van der Waals surface area (Å²) in [6.45, 7) is 1.87. The van der Waals surface area contributed by atoms with Crippen LogP contribution in [0.4, 0.5) is 0 Å². The fraction of sp³-hybridized carbons (Fsp3) is 0.143. The summed E-state index contributed by atoms with van der Waals surface area (Å²) in [6, 6.07) is 5.93. The van der Waals surface area contributed by atoms with Gasteiger partial charge in [-0.2, -0.15) is 0 Å². The first kappa shape index (κ1) is 6.43. The third-order valence-electron chi connectivity index (χ3n) is 1.02. The zero-order valence-electron chi connectivity index (χ0n) is 4.98. The summed E-state index contributed by atoms with van der Waals surface area (Å²) < 4.78 is 0. The van der Waals surface area contributed by atoms with Crippen molar-refractivity contribution in [3.05, 3.63) is 28.8 Å². The van der Waals surface area contributed by atoms with E-state index in [0.29, 0.717) is 5.02 Å². The normalized spacial score (nSPS) is 9.56. The molecule has 0 aliphatic heterocycles. The van der Waals surface area contributed by atoms with Gasteiger partial charge in [0.05, 0.1) is 5.02 Å². The fourth-order valence-corrected chi connectivity index (χ4v) is 0.775. The summed E-state index contributed by atoms with van der Waals surface area (Å²) >= 11 is 5.54. The van der Waals surface area contributed by atoms with Crippen molar-refractivity contribution in [1.29, 1.82) is 0 Å². The molecule has 0 heterocycles. The van der Waals surface area contributed by atoms with Gasteiger partial charge in [0, 0.05) is 0 Å². The summed E-state index contributed by atoms with van der Waals surface area (Å²) in [5.41, 5.74) is 0.929. The number of aryl methyl sites for hydroxylation is 1. The van der Waals surface area contributed by atoms with E-state index in [0.717, 1.165) is 5.56 Å². The van der Waals surface area contributed by atoms with Crippen molar-refractivity contribution in [3.63, 3.8) is 0 Å². The van der Waals surface area contributed by atoms with Crippen molar-refractivity contribution in [3.8, 4) is 5.75 Å². The second kappa shape index (κ2) is 2.28. The van der Waals surface area contributed by atoms with E-state index >= 15 is 0 Å². The predicted octanol–water partition coefficient (Wildman–Crippen LogP) is 2.15. The number of phenolic OH excluding ortho intramolecular Hbond substituents is 1. The maximum Gasteiger partial charge on any atom is 0.134 e. The van der Waals surface area contributed by atoms with Crippen LogP contribution in [0.1, 0.15) is 5.56 Å². The number of phenols is 1. The van der Waals surface area contributed by atoms with Crippen molar-refractivity contribution in [2.24, 2.45) is 0 Å². The first-order valence-electron chi connectivity index (χ1n) is 2.57. The Morgan fingerprint density at radius 1 is 1.67 bits per heavy atom. The monoisotopic (exact) mass is 141 g/mol. The Labute approximate surface area is 58.9 Å². The van der Waals surface area contributed by atoms with E-state index in [1.165, 1.54) is 6.07 Å². The van der Waals surface area contributed by atoms with Gasteiger partial charge in [0.15, 0.2) is 0 Å². The number of halogens is 1. The number of hydrogen-bond acceptors (Lipinski definition) is 1. The zero-order chi connectivity index (χ0) is 6.85. The summed E-state index contributed by atoms with van der Waals surface area (Å²) in [5, 5.41) is 9.26. The summed E-state index contributed by atoms with van der Waals surface area (Å²) in [6.07, 6.45) is 0. The molecule has 47 valence electrons. The maximum absolute atomic E-state index is 8.88. The Kier molecular flexibility index (Phi) is 1.63. The summed E-state index contributed by atoms with van der Waals surface area (Å²) in [4.78, 5) is 0. The largest absolute Gasteiger partial charge is 0.506 e. The van der Waals surface area contributed by atoms with E-state index < -0.39 is 0 Å². The number of benzene rings is 1. The lowest BCUT2D eigenvalue weighted by Crippen LogP contribution is -1.71. The van der Waals surface area contributed by atoms with Crippen LogP contribution in [0.25, 0.3) is 0 Å². The summed E-state index contributed by atoms with van der Waals surface area (Å²) in [5.74, 6) is 0.0854. The molecule has 1 rings (SSSR count). The Balaban J connectivity index is 3.17. The lowest BCUT2D eigenvalue weighted by molar-refractivity contribution is 0.475. The van der Waals surface area contributed by atoms with E-state index in [4.69, 9.17) is 16.7 Å². The second-order valence-corrected chi connectivity index (χ2v) is 2.26. The lowest BCUT2D eigenvalue weighted by atomic mass is 10.2. The molecule has 0 bridgehead atoms. The highest BCUT2D eigenvalue weighted by Gasteiger charge is 1.94. The standard InChI is InChI=1S/C7H6ClO/c1-5-2-3-7(9)6(8)4-5/h3-4,9H,1H3. The molecule has 0 saturated heterocycles. The second-order valence-electron chi connectivity index (χ2n) is 1.85. The molecule has 0 aromatic heterocycles. The Morgan fingerprint density at radius 3 is 2.78 bits per heavy atom. The van der Waals surface area contributed by atoms with Crippen LogP contribution in [0, 0.1) is 13.0 Å². The van der Waals surface area contributed by atoms with Crippen molar-refractivity contribution in [1.82, 2.24) is 0 Å². The van der Waals surface area contributed by atoms with Gasteiger partial charge >= 0.3 is 0 Å². The molecule has 0 saturated carbocycles. The molecular weight excluding hydrogens is 136 g/mol. The average molecular weight is 142 g/mol. The highest BCUT2D eigenvalue weighted by Crippen LogP contribution is 2.22. The highest BCUT2D eigenvalue weighted by atomic mass is 35.5. The number of rotatable bonds is 0. The predicted molar refractivity (Wildman–Crippen MR) is 36.7 cm³/mol. The minimum absolute atomic E-state index is 0.0854. The van der Waals surface area contributed by atoms with Gasteiger partial charge in [0.25, 0.3) is 0 Å². The van der Waals surface area contributed by atoms with Crippen LogP contribution in [0.5, 0.6) is 5.75 Å². The van der Waals surface area contributed by atoms with Crippen LogP contribution in [-0.4, -0.2) is 5.11 Å². The molecule has 0 spiro atoms. The van der Waals surface area contributed by atoms with Gasteiger partial charge in [-0.25, -0.2) is 0 Å². The SMILES string of the molecule is Cc1[c]cc(O)c(Cl)c1. The van der Waals surface area contributed by atoms with Crippen LogP contribution in [0.15, 0.2) is 12.1 Å². The Bertz CT molecular complexity index is 220.